The van der Waals surface area contributed by atoms with Gasteiger partial charge in [-0.1, -0.05) is 24.2 Å². The first-order valence-corrected chi connectivity index (χ1v) is 10.2. The van der Waals surface area contributed by atoms with Gasteiger partial charge in [0.05, 0.1) is 16.8 Å². The Kier molecular flexibility index (Phi) is 5.20. The number of halogens is 2. The molecule has 1 fully saturated rings. The predicted octanol–water partition coefficient (Wildman–Crippen LogP) is 3.03. The molecule has 0 saturated carbocycles. The molecule has 4 N–H and O–H groups in total. The molecule has 0 radical (unpaired) electrons. The summed E-state index contributed by atoms with van der Waals surface area (Å²) < 4.78 is 30.8. The fraction of sp³-hybridized carbons (Fsp3) is 0.421. The second-order valence-corrected chi connectivity index (χ2v) is 8.38. The number of hydrogen-bond donors (Lipinski definition) is 2. The third-order valence-corrected chi connectivity index (χ3v) is 6.25. The first-order valence-electron chi connectivity index (χ1n) is 9.34. The van der Waals surface area contributed by atoms with Crippen molar-refractivity contribution in [1.82, 2.24) is 9.78 Å². The lowest BCUT2D eigenvalue weighted by Crippen LogP contribution is -2.37. The van der Waals surface area contributed by atoms with Crippen LogP contribution in [0.25, 0.3) is 0 Å². The van der Waals surface area contributed by atoms with Crippen LogP contribution in [0.2, 0.25) is 0 Å². The van der Waals surface area contributed by atoms with Crippen molar-refractivity contribution in [3.63, 3.8) is 0 Å². The minimum Gasteiger partial charge on any atom is -0.392 e. The highest BCUT2D eigenvalue weighted by Crippen LogP contribution is 2.48. The summed E-state index contributed by atoms with van der Waals surface area (Å²) in [6.07, 6.45) is 6.54. The summed E-state index contributed by atoms with van der Waals surface area (Å²) in [5.41, 5.74) is 13.0. The Labute approximate surface area is 167 Å². The van der Waals surface area contributed by atoms with Gasteiger partial charge in [-0.2, -0.15) is 5.10 Å². The summed E-state index contributed by atoms with van der Waals surface area (Å²) in [4.78, 5) is 4.02. The minimum atomic E-state index is -0.634. The van der Waals surface area contributed by atoms with Crippen molar-refractivity contribution < 1.29 is 8.78 Å². The molecule has 1 saturated heterocycles. The topological polar surface area (TPSA) is 76.3 Å². The van der Waals surface area contributed by atoms with Crippen LogP contribution in [0.3, 0.4) is 0 Å². The standard InChI is InChI=1S/C19H24F2N6S/c1-25-18(26-8-3-2-5-12(22)10-26)15(9-24-25)27-11-16(23)28-19(27)17-13(20)6-4-7-14(17)21/h4,6-7,9,11-12,19H,2-3,5,8,10,22-23H2,1H3/t12?,19-/m0/s1. The van der Waals surface area contributed by atoms with Gasteiger partial charge in [0.2, 0.25) is 0 Å². The largest absolute Gasteiger partial charge is 0.392 e. The van der Waals surface area contributed by atoms with Crippen LogP contribution >= 0.6 is 11.8 Å². The van der Waals surface area contributed by atoms with Crippen LogP contribution in [0.4, 0.5) is 20.3 Å². The van der Waals surface area contributed by atoms with Crippen molar-refractivity contribution in [1.29, 1.82) is 0 Å². The SMILES string of the molecule is Cn1ncc(N2C=C(N)S[C@H]2c2c(F)cccc2F)c1N1CCCCC(N)C1. The van der Waals surface area contributed by atoms with Crippen molar-refractivity contribution in [2.75, 3.05) is 22.9 Å². The number of nitrogens with zero attached hydrogens (tertiary/aromatic N) is 4. The number of nitrogens with two attached hydrogens (primary N) is 2. The van der Waals surface area contributed by atoms with Gasteiger partial charge in [-0.25, -0.2) is 8.78 Å². The Morgan fingerprint density at radius 2 is 1.96 bits per heavy atom. The van der Waals surface area contributed by atoms with Gasteiger partial charge in [0.15, 0.2) is 5.82 Å². The molecule has 6 nitrogen and oxygen atoms in total. The van der Waals surface area contributed by atoms with E-state index in [2.05, 4.69) is 10.00 Å². The van der Waals surface area contributed by atoms with Crippen LogP contribution in [-0.4, -0.2) is 28.9 Å². The summed E-state index contributed by atoms with van der Waals surface area (Å²) in [5.74, 6) is -0.300. The molecule has 4 rings (SSSR count). The quantitative estimate of drug-likeness (QED) is 0.816. The lowest BCUT2D eigenvalue weighted by atomic mass is 10.1. The molecule has 0 spiro atoms. The van der Waals surface area contributed by atoms with E-state index in [1.807, 2.05) is 7.05 Å². The van der Waals surface area contributed by atoms with E-state index < -0.39 is 17.0 Å². The van der Waals surface area contributed by atoms with Gasteiger partial charge < -0.3 is 21.3 Å². The van der Waals surface area contributed by atoms with Crippen LogP contribution in [0.1, 0.15) is 30.2 Å². The van der Waals surface area contributed by atoms with Crippen molar-refractivity contribution in [3.05, 3.63) is 52.8 Å². The second kappa shape index (κ2) is 7.63. The molecule has 2 aliphatic rings. The Balaban J connectivity index is 1.75. The lowest BCUT2D eigenvalue weighted by Gasteiger charge is -2.30. The number of anilines is 2. The molecular weight excluding hydrogens is 382 g/mol. The second-order valence-electron chi connectivity index (χ2n) is 7.22. The van der Waals surface area contributed by atoms with Gasteiger partial charge >= 0.3 is 0 Å². The molecule has 9 heteroatoms. The normalized spacial score (nSPS) is 23.1. The van der Waals surface area contributed by atoms with Crippen molar-refractivity contribution in [3.8, 4) is 0 Å². The summed E-state index contributed by atoms with van der Waals surface area (Å²) in [5, 5.41) is 4.28. The molecule has 0 amide bonds. The average Bonchev–Trinajstić information content (AvgIpc) is 3.12. The molecule has 150 valence electrons. The highest BCUT2D eigenvalue weighted by molar-refractivity contribution is 8.03. The van der Waals surface area contributed by atoms with E-state index >= 15 is 0 Å². The summed E-state index contributed by atoms with van der Waals surface area (Å²) in [6.45, 7) is 1.57. The Morgan fingerprint density at radius 3 is 2.71 bits per heavy atom. The molecule has 1 aromatic heterocycles. The summed E-state index contributed by atoms with van der Waals surface area (Å²) in [6, 6.07) is 3.98. The molecule has 1 aromatic carbocycles. The average molecular weight is 407 g/mol. The fourth-order valence-corrected chi connectivity index (χ4v) is 4.96. The molecule has 28 heavy (non-hydrogen) atoms. The first-order chi connectivity index (χ1) is 13.5. The molecule has 1 unspecified atom stereocenters. The zero-order chi connectivity index (χ0) is 19.8. The van der Waals surface area contributed by atoms with Crippen LogP contribution in [0, 0.1) is 11.6 Å². The minimum absolute atomic E-state index is 0.00780. The van der Waals surface area contributed by atoms with Crippen molar-refractivity contribution in [2.45, 2.75) is 30.7 Å². The Hall–Kier alpha value is -2.26. The lowest BCUT2D eigenvalue weighted by molar-refractivity contribution is 0.554. The van der Waals surface area contributed by atoms with E-state index in [1.54, 1.807) is 22.0 Å². The first kappa shape index (κ1) is 19.1. The molecule has 2 aromatic rings. The van der Waals surface area contributed by atoms with E-state index in [0.717, 1.165) is 37.3 Å². The summed E-state index contributed by atoms with van der Waals surface area (Å²) >= 11 is 1.22. The molecule has 0 aliphatic carbocycles. The number of rotatable bonds is 3. The highest BCUT2D eigenvalue weighted by atomic mass is 32.2. The number of benzene rings is 1. The van der Waals surface area contributed by atoms with Gasteiger partial charge in [0.25, 0.3) is 0 Å². The monoisotopic (exact) mass is 406 g/mol. The third kappa shape index (κ3) is 3.44. The number of hydrogen-bond acceptors (Lipinski definition) is 6. The van der Waals surface area contributed by atoms with E-state index in [9.17, 15) is 8.78 Å². The van der Waals surface area contributed by atoms with Gasteiger partial charge in [0.1, 0.15) is 22.7 Å². The maximum atomic E-state index is 14.5. The highest BCUT2D eigenvalue weighted by Gasteiger charge is 2.35. The Morgan fingerprint density at radius 1 is 1.21 bits per heavy atom. The maximum Gasteiger partial charge on any atom is 0.150 e. The Bertz CT molecular complexity index is 878. The van der Waals surface area contributed by atoms with Crippen molar-refractivity contribution in [2.24, 2.45) is 18.5 Å². The zero-order valence-corrected chi connectivity index (χ0v) is 16.5. The molecule has 3 heterocycles. The molecule has 2 atom stereocenters. The smallest absolute Gasteiger partial charge is 0.150 e. The van der Waals surface area contributed by atoms with Crippen LogP contribution < -0.4 is 21.3 Å². The van der Waals surface area contributed by atoms with E-state index in [-0.39, 0.29) is 11.6 Å². The van der Waals surface area contributed by atoms with Crippen molar-refractivity contribution >= 4 is 23.3 Å². The van der Waals surface area contributed by atoms with Gasteiger partial charge in [-0.05, 0) is 25.0 Å². The molecular formula is C19H24F2N6S. The van der Waals surface area contributed by atoms with Gasteiger partial charge in [-0.15, -0.1) is 0 Å². The fourth-order valence-electron chi connectivity index (χ4n) is 3.90. The zero-order valence-electron chi connectivity index (χ0n) is 15.7. The number of thioether (sulfide) groups is 1. The molecule has 0 bridgehead atoms. The van der Waals surface area contributed by atoms with Gasteiger partial charge in [-0.3, -0.25) is 4.68 Å². The number of aryl methyl sites for hydroxylation is 1. The van der Waals surface area contributed by atoms with Crippen LogP contribution in [0.5, 0.6) is 0 Å². The van der Waals surface area contributed by atoms with E-state index in [4.69, 9.17) is 11.5 Å². The van der Waals surface area contributed by atoms with Crippen LogP contribution in [0.15, 0.2) is 35.6 Å². The summed E-state index contributed by atoms with van der Waals surface area (Å²) in [7, 11) is 1.87. The number of aromatic nitrogens is 2. The predicted molar refractivity (Wildman–Crippen MR) is 109 cm³/mol. The molecule has 2 aliphatic heterocycles. The van der Waals surface area contributed by atoms with Gasteiger partial charge in [0, 0.05) is 32.4 Å². The third-order valence-electron chi connectivity index (χ3n) is 5.19. The maximum absolute atomic E-state index is 14.5. The van der Waals surface area contributed by atoms with Crippen LogP contribution in [-0.2, 0) is 7.05 Å². The van der Waals surface area contributed by atoms with E-state index in [0.29, 0.717) is 11.6 Å². The van der Waals surface area contributed by atoms with E-state index in [1.165, 1.54) is 30.0 Å².